The summed E-state index contributed by atoms with van der Waals surface area (Å²) >= 11 is 0. The van der Waals surface area contributed by atoms with Crippen molar-refractivity contribution >= 4 is 27.9 Å². The third-order valence-corrected chi connectivity index (χ3v) is 5.12. The molecule has 0 amide bonds. The molecule has 0 aliphatic carbocycles. The lowest BCUT2D eigenvalue weighted by Gasteiger charge is -1.89. The predicted octanol–water partition coefficient (Wildman–Crippen LogP) is -1.24. The summed E-state index contributed by atoms with van der Waals surface area (Å²) in [6.07, 6.45) is 0. The first-order valence-electron chi connectivity index (χ1n) is 1.47. The van der Waals surface area contributed by atoms with Crippen LogP contribution in [0.15, 0.2) is 0 Å². The average Bonchev–Trinajstić information content (AvgIpc) is 1.14. The summed E-state index contributed by atoms with van der Waals surface area (Å²) in [5.41, 5.74) is 0. The highest BCUT2D eigenvalue weighted by atomic mass is 33.5. The second kappa shape index (κ2) is 3.53. The largest absolute Gasteiger partial charge is 0.278 e. The minimum absolute atomic E-state index is 0. The van der Waals surface area contributed by atoms with Gasteiger partial charge in [0, 0.05) is 0 Å². The van der Waals surface area contributed by atoms with Crippen LogP contribution in [0.25, 0.3) is 0 Å². The first kappa shape index (κ1) is 12.8. The van der Waals surface area contributed by atoms with Crippen molar-refractivity contribution in [2.45, 2.75) is 7.43 Å². The minimum atomic E-state index is -4.08. The second-order valence-corrected chi connectivity index (χ2v) is 7.58. The molecule has 0 saturated heterocycles. The van der Waals surface area contributed by atoms with E-state index in [-0.39, 0.29) is 7.43 Å². The Balaban J connectivity index is 0. The first-order valence-corrected chi connectivity index (χ1v) is 6.41. The van der Waals surface area contributed by atoms with Gasteiger partial charge in [0.05, 0.1) is 0 Å². The van der Waals surface area contributed by atoms with Gasteiger partial charge in [-0.25, -0.2) is 10.3 Å². The Kier molecular flexibility index (Phi) is 4.52. The van der Waals surface area contributed by atoms with Crippen molar-refractivity contribution in [2.24, 2.45) is 10.3 Å². The fraction of sp³-hybridized carbons (Fsp3) is 1.00. The van der Waals surface area contributed by atoms with E-state index in [1.165, 1.54) is 0 Å². The van der Waals surface area contributed by atoms with Crippen LogP contribution in [0.5, 0.6) is 0 Å². The number of rotatable bonds is 2. The van der Waals surface area contributed by atoms with Crippen molar-refractivity contribution in [2.75, 3.05) is 0 Å². The van der Waals surface area contributed by atoms with Crippen LogP contribution in [0.2, 0.25) is 0 Å². The molecule has 10 heavy (non-hydrogen) atoms. The molecule has 0 bridgehead atoms. The van der Waals surface area contributed by atoms with Crippen molar-refractivity contribution in [3.8, 4) is 0 Å². The van der Waals surface area contributed by atoms with Crippen LogP contribution < -0.4 is 10.3 Å². The highest BCUT2D eigenvalue weighted by Crippen LogP contribution is 2.11. The van der Waals surface area contributed by atoms with Gasteiger partial charge in [0.1, 0.15) is 9.83 Å². The van der Waals surface area contributed by atoms with Gasteiger partial charge >= 0.3 is 0 Å². The zero-order chi connectivity index (χ0) is 7.71. The van der Waals surface area contributed by atoms with Crippen LogP contribution in [-0.4, -0.2) is 16.8 Å². The summed E-state index contributed by atoms with van der Waals surface area (Å²) in [5.74, 6) is 0. The lowest BCUT2D eigenvalue weighted by Crippen LogP contribution is -2.15. The summed E-state index contributed by atoms with van der Waals surface area (Å²) < 4.78 is 39.7. The summed E-state index contributed by atoms with van der Waals surface area (Å²) in [5, 5.41) is 8.60. The second-order valence-electron chi connectivity index (χ2n) is 1.05. The molecular weight excluding hydrogens is 200 g/mol. The van der Waals surface area contributed by atoms with E-state index in [0.29, 0.717) is 0 Å². The maximum absolute atomic E-state index is 9.93. The number of hydrogen-bond donors (Lipinski definition) is 2. The molecule has 0 aliphatic heterocycles. The van der Waals surface area contributed by atoms with Gasteiger partial charge in [0.15, 0.2) is 0 Å². The van der Waals surface area contributed by atoms with Gasteiger partial charge in [-0.3, -0.25) is 0 Å². The molecule has 0 radical (unpaired) electrons. The summed E-state index contributed by atoms with van der Waals surface area (Å²) in [4.78, 5) is 0. The van der Waals surface area contributed by atoms with Crippen molar-refractivity contribution < 1.29 is 16.8 Å². The van der Waals surface area contributed by atoms with E-state index in [0.717, 1.165) is 0 Å². The summed E-state index contributed by atoms with van der Waals surface area (Å²) in [6, 6.07) is 0. The van der Waals surface area contributed by atoms with Crippen LogP contribution >= 0.6 is 9.83 Å². The summed E-state index contributed by atoms with van der Waals surface area (Å²) in [6.45, 7) is 0. The number of hydrogen-bond acceptors (Lipinski definition) is 5. The van der Waals surface area contributed by atoms with Crippen molar-refractivity contribution in [1.29, 1.82) is 0 Å². The van der Waals surface area contributed by atoms with Gasteiger partial charge in [-0.15, -0.1) is 0 Å². The molecular formula is CH8N2O4S3. The lowest BCUT2D eigenvalue weighted by atomic mass is 12.0. The van der Waals surface area contributed by atoms with E-state index in [9.17, 15) is 16.8 Å². The molecule has 6 nitrogen and oxygen atoms in total. The molecule has 0 aromatic carbocycles. The molecule has 0 saturated carbocycles. The molecule has 0 aromatic heterocycles. The molecule has 0 atom stereocenters. The fourth-order valence-corrected chi connectivity index (χ4v) is 3.57. The van der Waals surface area contributed by atoms with Gasteiger partial charge < -0.3 is 0 Å². The Morgan fingerprint density at radius 1 is 0.900 bits per heavy atom. The van der Waals surface area contributed by atoms with Crippen molar-refractivity contribution in [3.63, 3.8) is 0 Å². The normalized spacial score (nSPS) is 12.2. The van der Waals surface area contributed by atoms with Gasteiger partial charge in [-0.05, 0) is 0 Å². The Labute approximate surface area is 62.9 Å². The summed E-state index contributed by atoms with van der Waals surface area (Å²) in [7, 11) is -8.64. The molecule has 64 valence electrons. The van der Waals surface area contributed by atoms with Crippen molar-refractivity contribution in [1.82, 2.24) is 0 Å². The van der Waals surface area contributed by atoms with Gasteiger partial charge in [0.25, 0.3) is 18.1 Å². The topological polar surface area (TPSA) is 120 Å². The zero-order valence-corrected chi connectivity index (χ0v) is 6.46. The predicted molar refractivity (Wildman–Crippen MR) is 40.5 cm³/mol. The zero-order valence-electron chi connectivity index (χ0n) is 4.01. The molecule has 0 heterocycles. The third-order valence-electron chi connectivity index (χ3n) is 0.190. The molecule has 4 N–H and O–H groups in total. The average molecular weight is 208 g/mol. The van der Waals surface area contributed by atoms with E-state index < -0.39 is 27.9 Å². The van der Waals surface area contributed by atoms with Gasteiger partial charge in [0.2, 0.25) is 0 Å². The van der Waals surface area contributed by atoms with Crippen LogP contribution in [0.1, 0.15) is 7.43 Å². The molecule has 9 heteroatoms. The van der Waals surface area contributed by atoms with Crippen LogP contribution in [0.4, 0.5) is 0 Å². The van der Waals surface area contributed by atoms with Crippen LogP contribution in [0, 0.1) is 0 Å². The maximum Gasteiger partial charge on any atom is 0.278 e. The maximum atomic E-state index is 9.93. The Morgan fingerprint density at radius 3 is 1.10 bits per heavy atom. The smallest absolute Gasteiger partial charge is 0.219 e. The quantitative estimate of drug-likeness (QED) is 0.550. The van der Waals surface area contributed by atoms with Crippen LogP contribution in [-0.2, 0) is 18.1 Å². The van der Waals surface area contributed by atoms with E-state index in [2.05, 4.69) is 10.3 Å². The molecule has 0 rings (SSSR count). The van der Waals surface area contributed by atoms with Crippen LogP contribution in [0.3, 0.4) is 0 Å². The first-order chi connectivity index (χ1) is 3.71. The molecule has 0 aromatic rings. The molecule has 0 unspecified atom stereocenters. The highest BCUT2D eigenvalue weighted by molar-refractivity contribution is 9.03. The Bertz CT molecular complexity index is 244. The lowest BCUT2D eigenvalue weighted by molar-refractivity contribution is 0.610. The van der Waals surface area contributed by atoms with Crippen molar-refractivity contribution in [3.05, 3.63) is 0 Å². The SMILES string of the molecule is C.NS(=O)(=O)SS(N)(=O)=O. The standard InChI is InChI=1S/CH4.H4N2O4S3/c;1-8(3,4)7-9(2,5)6/h1H4;(H2,1,3,4)(H2,2,5,6). The fourth-order valence-electron chi connectivity index (χ4n) is 0.132. The monoisotopic (exact) mass is 208 g/mol. The van der Waals surface area contributed by atoms with E-state index in [1.807, 2.05) is 0 Å². The molecule has 0 spiro atoms. The third kappa shape index (κ3) is 11.0. The van der Waals surface area contributed by atoms with E-state index >= 15 is 0 Å². The van der Waals surface area contributed by atoms with Gasteiger partial charge in [-0.2, -0.15) is 16.8 Å². The van der Waals surface area contributed by atoms with Gasteiger partial charge in [-0.1, -0.05) is 7.43 Å². The van der Waals surface area contributed by atoms with E-state index in [1.54, 1.807) is 0 Å². The Morgan fingerprint density at radius 2 is 1.10 bits per heavy atom. The van der Waals surface area contributed by atoms with E-state index in [4.69, 9.17) is 0 Å². The molecule has 0 aliphatic rings. The Hall–Kier alpha value is 0.170. The minimum Gasteiger partial charge on any atom is -0.219 e. The number of nitrogens with two attached hydrogens (primary N) is 2. The highest BCUT2D eigenvalue weighted by Gasteiger charge is 2.14. The molecule has 0 fully saturated rings.